The van der Waals surface area contributed by atoms with E-state index in [4.69, 9.17) is 16.3 Å². The summed E-state index contributed by atoms with van der Waals surface area (Å²) in [6, 6.07) is 3.26. The molecular weight excluding hydrogens is 280 g/mol. The summed E-state index contributed by atoms with van der Waals surface area (Å²) in [5.41, 5.74) is 1.11. The van der Waals surface area contributed by atoms with Gasteiger partial charge in [0.05, 0.1) is 30.1 Å². The smallest absolute Gasteiger partial charge is 0.258 e. The highest BCUT2D eigenvalue weighted by Gasteiger charge is 2.19. The van der Waals surface area contributed by atoms with Gasteiger partial charge in [-0.3, -0.25) is 9.78 Å². The number of nitrogens with one attached hydrogen (secondary N) is 1. The van der Waals surface area contributed by atoms with Crippen molar-refractivity contribution in [3.05, 3.63) is 40.8 Å². The van der Waals surface area contributed by atoms with E-state index in [2.05, 4.69) is 15.4 Å². The first kappa shape index (κ1) is 14.3. The summed E-state index contributed by atoms with van der Waals surface area (Å²) in [7, 11) is 3.21. The van der Waals surface area contributed by atoms with Crippen LogP contribution in [0.25, 0.3) is 0 Å². The van der Waals surface area contributed by atoms with Gasteiger partial charge >= 0.3 is 0 Å². The van der Waals surface area contributed by atoms with Crippen LogP contribution >= 0.6 is 11.6 Å². The van der Waals surface area contributed by atoms with Gasteiger partial charge in [0.1, 0.15) is 5.56 Å². The summed E-state index contributed by atoms with van der Waals surface area (Å²) in [6.07, 6.45) is 3.01. The van der Waals surface area contributed by atoms with Crippen LogP contribution in [0.5, 0.6) is 5.88 Å². The van der Waals surface area contributed by atoms with Crippen LogP contribution in [0.3, 0.4) is 0 Å². The molecule has 1 amide bonds. The van der Waals surface area contributed by atoms with Crippen molar-refractivity contribution < 1.29 is 9.53 Å². The van der Waals surface area contributed by atoms with Gasteiger partial charge in [-0.2, -0.15) is 5.10 Å². The lowest BCUT2D eigenvalue weighted by Crippen LogP contribution is -2.27. The van der Waals surface area contributed by atoms with Gasteiger partial charge < -0.3 is 10.1 Å². The highest BCUT2D eigenvalue weighted by molar-refractivity contribution is 6.30. The Morgan fingerprint density at radius 1 is 1.45 bits per heavy atom. The van der Waals surface area contributed by atoms with E-state index in [-0.39, 0.29) is 11.9 Å². The van der Waals surface area contributed by atoms with Crippen LogP contribution < -0.4 is 10.1 Å². The number of carbonyl (C=O) groups excluding carboxylic acids is 1. The molecule has 1 N–H and O–H groups in total. The molecule has 2 aromatic rings. The molecule has 0 aliphatic rings. The minimum atomic E-state index is -0.265. The Labute approximate surface area is 121 Å². The van der Waals surface area contributed by atoms with Crippen LogP contribution in [-0.2, 0) is 7.05 Å². The summed E-state index contributed by atoms with van der Waals surface area (Å²) in [4.78, 5) is 16.4. The Morgan fingerprint density at radius 3 is 2.80 bits per heavy atom. The zero-order valence-electron chi connectivity index (χ0n) is 11.4. The van der Waals surface area contributed by atoms with Crippen LogP contribution in [0.15, 0.2) is 24.5 Å². The SMILES string of the molecule is COc1c(C(=O)N[C@@H](C)c2ccc(Cl)cn2)cnn1C. The van der Waals surface area contributed by atoms with Crippen molar-refractivity contribution in [2.24, 2.45) is 7.05 Å². The van der Waals surface area contributed by atoms with Crippen LogP contribution in [0.2, 0.25) is 5.02 Å². The molecule has 0 aliphatic carbocycles. The van der Waals surface area contributed by atoms with Crippen molar-refractivity contribution in [2.75, 3.05) is 7.11 Å². The maximum atomic E-state index is 12.2. The molecule has 7 heteroatoms. The average Bonchev–Trinajstić information content (AvgIpc) is 2.80. The molecule has 2 aromatic heterocycles. The van der Waals surface area contributed by atoms with Crippen molar-refractivity contribution in [2.45, 2.75) is 13.0 Å². The lowest BCUT2D eigenvalue weighted by molar-refractivity contribution is 0.0935. The lowest BCUT2D eigenvalue weighted by Gasteiger charge is -2.13. The second-order valence-electron chi connectivity index (χ2n) is 4.29. The zero-order valence-corrected chi connectivity index (χ0v) is 12.2. The maximum absolute atomic E-state index is 12.2. The van der Waals surface area contributed by atoms with Crippen molar-refractivity contribution in [1.29, 1.82) is 0 Å². The molecule has 1 atom stereocenters. The first-order valence-electron chi connectivity index (χ1n) is 6.01. The molecule has 6 nitrogen and oxygen atoms in total. The van der Waals surface area contributed by atoms with E-state index in [1.165, 1.54) is 18.0 Å². The number of ether oxygens (including phenoxy) is 1. The largest absolute Gasteiger partial charge is 0.481 e. The molecule has 0 bridgehead atoms. The predicted octanol–water partition coefficient (Wildman–Crippen LogP) is 1.97. The number of hydrogen-bond acceptors (Lipinski definition) is 4. The molecule has 0 fully saturated rings. The molecule has 2 heterocycles. The third-order valence-corrected chi connectivity index (χ3v) is 3.09. The number of aryl methyl sites for hydroxylation is 1. The topological polar surface area (TPSA) is 69.0 Å². The third-order valence-electron chi connectivity index (χ3n) is 2.86. The van der Waals surface area contributed by atoms with Crippen molar-refractivity contribution in [3.8, 4) is 5.88 Å². The predicted molar refractivity (Wildman–Crippen MR) is 74.9 cm³/mol. The fraction of sp³-hybridized carbons (Fsp3) is 0.308. The van der Waals surface area contributed by atoms with Crippen molar-refractivity contribution in [3.63, 3.8) is 0 Å². The fourth-order valence-electron chi connectivity index (χ4n) is 1.82. The molecule has 0 saturated heterocycles. The zero-order chi connectivity index (χ0) is 14.7. The Kier molecular flexibility index (Phi) is 4.24. The van der Waals surface area contributed by atoms with E-state index in [0.717, 1.165) is 5.69 Å². The second-order valence-corrected chi connectivity index (χ2v) is 4.72. The number of rotatable bonds is 4. The second kappa shape index (κ2) is 5.92. The minimum Gasteiger partial charge on any atom is -0.481 e. The Morgan fingerprint density at radius 2 is 2.20 bits per heavy atom. The molecule has 0 aliphatic heterocycles. The summed E-state index contributed by atoms with van der Waals surface area (Å²) >= 11 is 5.78. The van der Waals surface area contributed by atoms with Gasteiger partial charge in [-0.05, 0) is 19.1 Å². The number of halogens is 1. The highest BCUT2D eigenvalue weighted by atomic mass is 35.5. The molecule has 106 valence electrons. The normalized spacial score (nSPS) is 12.0. The van der Waals surface area contributed by atoms with Crippen LogP contribution in [0, 0.1) is 0 Å². The van der Waals surface area contributed by atoms with E-state index in [9.17, 15) is 4.79 Å². The molecule has 0 spiro atoms. The molecule has 20 heavy (non-hydrogen) atoms. The number of hydrogen-bond donors (Lipinski definition) is 1. The quantitative estimate of drug-likeness (QED) is 0.936. The molecule has 0 saturated carbocycles. The van der Waals surface area contributed by atoms with E-state index in [1.54, 1.807) is 25.4 Å². The van der Waals surface area contributed by atoms with E-state index in [1.807, 2.05) is 6.92 Å². The van der Waals surface area contributed by atoms with Gasteiger partial charge in [-0.1, -0.05) is 11.6 Å². The molecule has 0 unspecified atom stereocenters. The minimum absolute atomic E-state index is 0.246. The Balaban J connectivity index is 2.13. The number of pyridine rings is 1. The van der Waals surface area contributed by atoms with E-state index in [0.29, 0.717) is 16.5 Å². The number of amides is 1. The van der Waals surface area contributed by atoms with Gasteiger partial charge in [-0.25, -0.2) is 4.68 Å². The van der Waals surface area contributed by atoms with E-state index < -0.39 is 0 Å². The molecule has 0 aromatic carbocycles. The van der Waals surface area contributed by atoms with Gasteiger partial charge in [-0.15, -0.1) is 0 Å². The number of aromatic nitrogens is 3. The summed E-state index contributed by atoms with van der Waals surface area (Å²) in [5.74, 6) is 0.151. The first-order valence-corrected chi connectivity index (χ1v) is 6.39. The maximum Gasteiger partial charge on any atom is 0.258 e. The van der Waals surface area contributed by atoms with Crippen molar-refractivity contribution >= 4 is 17.5 Å². The van der Waals surface area contributed by atoms with Gasteiger partial charge in [0.25, 0.3) is 5.91 Å². The Bertz CT molecular complexity index is 609. The number of nitrogens with zero attached hydrogens (tertiary/aromatic N) is 3. The average molecular weight is 295 g/mol. The fourth-order valence-corrected chi connectivity index (χ4v) is 1.93. The van der Waals surface area contributed by atoms with Gasteiger partial charge in [0.15, 0.2) is 0 Å². The van der Waals surface area contributed by atoms with Gasteiger partial charge in [0.2, 0.25) is 5.88 Å². The molecule has 0 radical (unpaired) electrons. The standard InChI is InChI=1S/C13H15ClN4O2/c1-8(11-5-4-9(14)6-15-11)17-12(19)10-7-16-18(2)13(10)20-3/h4-8H,1-3H3,(H,17,19)/t8-/m0/s1. The van der Waals surface area contributed by atoms with E-state index >= 15 is 0 Å². The Hall–Kier alpha value is -2.08. The van der Waals surface area contributed by atoms with Gasteiger partial charge in [0, 0.05) is 13.2 Å². The van der Waals surface area contributed by atoms with Crippen LogP contribution in [0.4, 0.5) is 0 Å². The highest BCUT2D eigenvalue weighted by Crippen LogP contribution is 2.18. The number of carbonyl (C=O) groups is 1. The van der Waals surface area contributed by atoms with Crippen LogP contribution in [0.1, 0.15) is 29.0 Å². The van der Waals surface area contributed by atoms with Crippen molar-refractivity contribution in [1.82, 2.24) is 20.1 Å². The third kappa shape index (κ3) is 2.91. The summed E-state index contributed by atoms with van der Waals surface area (Å²) < 4.78 is 6.65. The van der Waals surface area contributed by atoms with Crippen LogP contribution in [-0.4, -0.2) is 27.8 Å². The molecular formula is C13H15ClN4O2. The summed E-state index contributed by atoms with van der Waals surface area (Å²) in [5, 5.41) is 7.40. The lowest BCUT2D eigenvalue weighted by atomic mass is 10.2. The summed E-state index contributed by atoms with van der Waals surface area (Å²) in [6.45, 7) is 1.84. The monoisotopic (exact) mass is 294 g/mol. The first-order chi connectivity index (χ1) is 9.52. The molecule has 2 rings (SSSR count). The number of methoxy groups -OCH3 is 1.